The fourth-order valence-corrected chi connectivity index (χ4v) is 1.61. The minimum atomic E-state index is 0.818. The molecule has 15 heavy (non-hydrogen) atoms. The molecular formula is C11H14N3O+. The van der Waals surface area contributed by atoms with E-state index in [-0.39, 0.29) is 0 Å². The summed E-state index contributed by atoms with van der Waals surface area (Å²) in [5.74, 6) is 1.69. The second kappa shape index (κ2) is 3.73. The molecule has 0 fully saturated rings. The summed E-state index contributed by atoms with van der Waals surface area (Å²) < 4.78 is 7.17. The van der Waals surface area contributed by atoms with E-state index >= 15 is 0 Å². The molecule has 1 heterocycles. The molecule has 2 aromatic rings. The SMILES string of the molecule is COc1c(C)cccc1-c1nc[n+](C)[nH]1. The number of aromatic amines is 1. The third-order valence-electron chi connectivity index (χ3n) is 2.31. The molecule has 0 amide bonds. The van der Waals surface area contributed by atoms with Gasteiger partial charge in [0.15, 0.2) is 0 Å². The van der Waals surface area contributed by atoms with Crippen molar-refractivity contribution in [3.8, 4) is 17.1 Å². The molecule has 0 aliphatic heterocycles. The lowest BCUT2D eigenvalue weighted by Gasteiger charge is -2.06. The van der Waals surface area contributed by atoms with E-state index in [1.54, 1.807) is 18.1 Å². The molecule has 4 nitrogen and oxygen atoms in total. The van der Waals surface area contributed by atoms with Crippen molar-refractivity contribution in [2.24, 2.45) is 7.05 Å². The summed E-state index contributed by atoms with van der Waals surface area (Å²) in [4.78, 5) is 4.26. The monoisotopic (exact) mass is 204 g/mol. The van der Waals surface area contributed by atoms with Crippen LogP contribution < -0.4 is 9.42 Å². The Labute approximate surface area is 88.5 Å². The van der Waals surface area contributed by atoms with E-state index in [0.717, 1.165) is 22.7 Å². The van der Waals surface area contributed by atoms with Crippen molar-refractivity contribution in [3.05, 3.63) is 30.1 Å². The van der Waals surface area contributed by atoms with Gasteiger partial charge in [-0.1, -0.05) is 12.1 Å². The number of ether oxygens (including phenoxy) is 1. The molecule has 0 saturated carbocycles. The van der Waals surface area contributed by atoms with Gasteiger partial charge in [-0.2, -0.15) is 9.78 Å². The van der Waals surface area contributed by atoms with Crippen LogP contribution in [0.3, 0.4) is 0 Å². The molecule has 2 rings (SSSR count). The van der Waals surface area contributed by atoms with E-state index in [9.17, 15) is 0 Å². The van der Waals surface area contributed by atoms with Gasteiger partial charge in [0, 0.05) is 0 Å². The highest BCUT2D eigenvalue weighted by atomic mass is 16.5. The van der Waals surface area contributed by atoms with Crippen LogP contribution in [-0.4, -0.2) is 17.2 Å². The van der Waals surface area contributed by atoms with E-state index in [4.69, 9.17) is 4.74 Å². The molecule has 1 N–H and O–H groups in total. The van der Waals surface area contributed by atoms with Crippen molar-refractivity contribution in [3.63, 3.8) is 0 Å². The standard InChI is InChI=1S/C11H13N3O/c1-8-5-4-6-9(10(8)15-3)11-12-7-14(2)13-11/h4-7H,1-3H3/p+1. The lowest BCUT2D eigenvalue weighted by atomic mass is 10.1. The van der Waals surface area contributed by atoms with Crippen molar-refractivity contribution >= 4 is 0 Å². The second-order valence-corrected chi connectivity index (χ2v) is 3.47. The zero-order valence-corrected chi connectivity index (χ0v) is 9.11. The molecule has 0 atom stereocenters. The number of nitrogens with zero attached hydrogens (tertiary/aromatic N) is 2. The van der Waals surface area contributed by atoms with E-state index in [0.29, 0.717) is 0 Å². The Bertz CT molecular complexity index is 476. The van der Waals surface area contributed by atoms with Gasteiger partial charge in [-0.15, -0.1) is 0 Å². The number of H-pyrrole nitrogens is 1. The minimum absolute atomic E-state index is 0.818. The lowest BCUT2D eigenvalue weighted by Crippen LogP contribution is -2.28. The van der Waals surface area contributed by atoms with Crippen molar-refractivity contribution in [2.45, 2.75) is 6.92 Å². The van der Waals surface area contributed by atoms with Crippen molar-refractivity contribution < 1.29 is 9.42 Å². The van der Waals surface area contributed by atoms with E-state index in [2.05, 4.69) is 10.1 Å². The predicted molar refractivity (Wildman–Crippen MR) is 56.5 cm³/mol. The molecule has 0 unspecified atom stereocenters. The van der Waals surface area contributed by atoms with Gasteiger partial charge in [0.2, 0.25) is 0 Å². The molecule has 1 aromatic carbocycles. The quantitative estimate of drug-likeness (QED) is 0.747. The maximum atomic E-state index is 5.37. The first-order chi connectivity index (χ1) is 7.22. The van der Waals surface area contributed by atoms with Gasteiger partial charge >= 0.3 is 6.33 Å². The number of para-hydroxylation sites is 1. The molecule has 0 aliphatic carbocycles. The summed E-state index contributed by atoms with van der Waals surface area (Å²) in [5.41, 5.74) is 2.09. The van der Waals surface area contributed by atoms with Crippen LogP contribution >= 0.6 is 0 Å². The minimum Gasteiger partial charge on any atom is -0.496 e. The van der Waals surface area contributed by atoms with Crippen LogP contribution in [0.2, 0.25) is 0 Å². The number of aromatic nitrogens is 3. The summed E-state index contributed by atoms with van der Waals surface area (Å²) in [6, 6.07) is 6.01. The van der Waals surface area contributed by atoms with Gasteiger partial charge in [-0.25, -0.2) is 0 Å². The fourth-order valence-electron chi connectivity index (χ4n) is 1.61. The van der Waals surface area contributed by atoms with Crippen LogP contribution in [0.1, 0.15) is 5.56 Å². The number of rotatable bonds is 2. The Morgan fingerprint density at radius 3 is 2.80 bits per heavy atom. The van der Waals surface area contributed by atoms with Gasteiger partial charge in [-0.3, -0.25) is 0 Å². The number of nitrogens with one attached hydrogen (secondary N) is 1. The van der Waals surface area contributed by atoms with Crippen molar-refractivity contribution in [2.75, 3.05) is 7.11 Å². The maximum Gasteiger partial charge on any atom is 0.307 e. The van der Waals surface area contributed by atoms with Gasteiger partial charge in [-0.05, 0) is 23.5 Å². The molecule has 0 radical (unpaired) electrons. The molecule has 0 bridgehead atoms. The van der Waals surface area contributed by atoms with Crippen LogP contribution in [0, 0.1) is 6.92 Å². The Morgan fingerprint density at radius 2 is 2.20 bits per heavy atom. The first-order valence-corrected chi connectivity index (χ1v) is 4.77. The molecule has 78 valence electrons. The van der Waals surface area contributed by atoms with E-state index in [1.165, 1.54) is 0 Å². The Balaban J connectivity index is 2.57. The summed E-state index contributed by atoms with van der Waals surface area (Å²) in [5, 5.41) is 3.12. The van der Waals surface area contributed by atoms with Crippen LogP contribution in [0.25, 0.3) is 11.4 Å². The van der Waals surface area contributed by atoms with Gasteiger partial charge in [0.05, 0.1) is 12.7 Å². The first kappa shape index (κ1) is 9.71. The summed E-state index contributed by atoms with van der Waals surface area (Å²) in [7, 11) is 3.58. The highest BCUT2D eigenvalue weighted by Gasteiger charge is 2.15. The number of benzene rings is 1. The second-order valence-electron chi connectivity index (χ2n) is 3.47. The van der Waals surface area contributed by atoms with Crippen LogP contribution in [0.15, 0.2) is 24.5 Å². The maximum absolute atomic E-state index is 5.37. The fraction of sp³-hybridized carbons (Fsp3) is 0.273. The normalized spacial score (nSPS) is 10.3. The topological polar surface area (TPSA) is 41.8 Å². The Morgan fingerprint density at radius 1 is 1.40 bits per heavy atom. The van der Waals surface area contributed by atoms with Gasteiger partial charge < -0.3 is 4.74 Å². The highest BCUT2D eigenvalue weighted by Crippen LogP contribution is 2.29. The molecule has 0 spiro atoms. The van der Waals surface area contributed by atoms with Crippen molar-refractivity contribution in [1.82, 2.24) is 10.1 Å². The Hall–Kier alpha value is -1.84. The first-order valence-electron chi connectivity index (χ1n) is 4.77. The van der Waals surface area contributed by atoms with Crippen molar-refractivity contribution in [1.29, 1.82) is 0 Å². The number of aryl methyl sites for hydroxylation is 2. The van der Waals surface area contributed by atoms with E-state index < -0.39 is 0 Å². The smallest absolute Gasteiger partial charge is 0.307 e. The predicted octanol–water partition coefficient (Wildman–Crippen LogP) is 1.22. The zero-order valence-electron chi connectivity index (χ0n) is 9.11. The largest absolute Gasteiger partial charge is 0.496 e. The van der Waals surface area contributed by atoms with Crippen LogP contribution in [0.4, 0.5) is 0 Å². The molecule has 4 heteroatoms. The third-order valence-corrected chi connectivity index (χ3v) is 2.31. The van der Waals surface area contributed by atoms with Gasteiger partial charge in [0.25, 0.3) is 5.82 Å². The summed E-state index contributed by atoms with van der Waals surface area (Å²) >= 11 is 0. The number of hydrogen-bond acceptors (Lipinski definition) is 2. The van der Waals surface area contributed by atoms with Crippen LogP contribution in [-0.2, 0) is 7.05 Å². The molecular weight excluding hydrogens is 190 g/mol. The summed E-state index contributed by atoms with van der Waals surface area (Å²) in [6.45, 7) is 2.02. The third kappa shape index (κ3) is 1.70. The lowest BCUT2D eigenvalue weighted by molar-refractivity contribution is -0.727. The van der Waals surface area contributed by atoms with E-state index in [1.807, 2.05) is 32.2 Å². The van der Waals surface area contributed by atoms with Crippen LogP contribution in [0.5, 0.6) is 5.75 Å². The number of methoxy groups -OCH3 is 1. The zero-order chi connectivity index (χ0) is 10.8. The average Bonchev–Trinajstić information content (AvgIpc) is 2.64. The summed E-state index contributed by atoms with van der Waals surface area (Å²) in [6.07, 6.45) is 1.73. The molecule has 0 aliphatic rings. The Kier molecular flexibility index (Phi) is 2.41. The number of hydrogen-bond donors (Lipinski definition) is 1. The molecule has 0 saturated heterocycles. The van der Waals surface area contributed by atoms with Gasteiger partial charge in [0.1, 0.15) is 12.8 Å². The average molecular weight is 204 g/mol. The highest BCUT2D eigenvalue weighted by molar-refractivity contribution is 5.65. The molecule has 1 aromatic heterocycles.